The lowest BCUT2D eigenvalue weighted by Crippen LogP contribution is -2.69. The van der Waals surface area contributed by atoms with Crippen molar-refractivity contribution in [1.82, 2.24) is 0 Å². The summed E-state index contributed by atoms with van der Waals surface area (Å²) in [5.74, 6) is -4.21. The summed E-state index contributed by atoms with van der Waals surface area (Å²) in [6, 6.07) is 0. The molecule has 0 N–H and O–H groups in total. The predicted octanol–water partition coefficient (Wildman–Crippen LogP) is 5.72. The van der Waals surface area contributed by atoms with Gasteiger partial charge in [0.25, 0.3) is 6.43 Å². The molecule has 0 spiro atoms. The Hall–Kier alpha value is -0.600. The summed E-state index contributed by atoms with van der Waals surface area (Å²) in [5.41, 5.74) is -4.19. The predicted molar refractivity (Wildman–Crippen MR) is 121 cm³/mol. The summed E-state index contributed by atoms with van der Waals surface area (Å²) < 4.78 is 55.7. The van der Waals surface area contributed by atoms with Crippen LogP contribution in [0.1, 0.15) is 47.0 Å². The average molecular weight is 542 g/mol. The van der Waals surface area contributed by atoms with E-state index < -0.39 is 74.6 Å². The number of alkyl halides is 5. The number of hydrogen-bond donors (Lipinski definition) is 0. The summed E-state index contributed by atoms with van der Waals surface area (Å²) in [4.78, 5) is 24.0. The van der Waals surface area contributed by atoms with Gasteiger partial charge in [-0.15, -0.1) is 23.2 Å². The number of rotatable bonds is 2. The molecule has 3 saturated carbocycles. The summed E-state index contributed by atoms with van der Waals surface area (Å²) in [6.07, 6.45) is -2.82. The lowest BCUT2D eigenvalue weighted by Gasteiger charge is -2.64. The largest absolute Gasteiger partial charge is 0.344 e. The third kappa shape index (κ3) is 2.71. The molecule has 188 valence electrons. The fourth-order valence-electron chi connectivity index (χ4n) is 7.93. The second-order valence-corrected chi connectivity index (χ2v) is 12.7. The molecule has 0 unspecified atom stereocenters. The molecule has 1 saturated heterocycles. The molecule has 0 radical (unpaired) electrons. The zero-order chi connectivity index (χ0) is 25.2. The fraction of sp³-hybridized carbons (Fsp3) is 0.750. The van der Waals surface area contributed by atoms with Gasteiger partial charge >= 0.3 is 0 Å². The van der Waals surface area contributed by atoms with Gasteiger partial charge in [-0.3, -0.25) is 9.59 Å². The topological polar surface area (TPSA) is 52.6 Å². The lowest BCUT2D eigenvalue weighted by molar-refractivity contribution is -0.217. The van der Waals surface area contributed by atoms with E-state index in [2.05, 4.69) is 0 Å². The molecule has 4 aliphatic carbocycles. The second kappa shape index (κ2) is 7.25. The first kappa shape index (κ1) is 25.1. The molecular weight excluding hydrogens is 516 g/mol. The lowest BCUT2D eigenvalue weighted by atomic mass is 9.46. The van der Waals surface area contributed by atoms with E-state index in [1.54, 1.807) is 33.8 Å². The first-order chi connectivity index (χ1) is 15.6. The molecule has 4 fully saturated rings. The Morgan fingerprint density at radius 1 is 1.18 bits per heavy atom. The smallest absolute Gasteiger partial charge is 0.299 e. The first-order valence-corrected chi connectivity index (χ1v) is 12.6. The van der Waals surface area contributed by atoms with E-state index in [1.807, 2.05) is 0 Å². The van der Waals surface area contributed by atoms with Crippen LogP contribution < -0.4 is 0 Å². The minimum Gasteiger partial charge on any atom is -0.344 e. The molecule has 0 aromatic carbocycles. The van der Waals surface area contributed by atoms with Gasteiger partial charge < -0.3 is 9.47 Å². The van der Waals surface area contributed by atoms with Crippen LogP contribution in [0.5, 0.6) is 0 Å². The first-order valence-electron chi connectivity index (χ1n) is 11.4. The minimum absolute atomic E-state index is 0.0624. The van der Waals surface area contributed by atoms with Gasteiger partial charge in [0.15, 0.2) is 17.2 Å². The van der Waals surface area contributed by atoms with E-state index in [9.17, 15) is 18.4 Å². The molecule has 10 heteroatoms. The molecule has 5 aliphatic rings. The third-order valence-electron chi connectivity index (χ3n) is 9.22. The Bertz CT molecular complexity index is 1050. The molecule has 4 nitrogen and oxygen atoms in total. The number of allylic oxidation sites excluding steroid dienone is 4. The minimum atomic E-state index is -3.27. The van der Waals surface area contributed by atoms with Crippen LogP contribution >= 0.6 is 34.8 Å². The molecule has 34 heavy (non-hydrogen) atoms. The SMILES string of the molecule is CC1(C)O[C@@H]2C[C@H]3[C@@H]4C[C@H](F)C5=C(Cl)C(=O)C=C[C@]5(C)[C@@]4(Cl)[C@@H](Cl)C[C@]3(C)[C@]2(C(=O)C(F)F)O1. The summed E-state index contributed by atoms with van der Waals surface area (Å²) in [7, 11) is 0. The van der Waals surface area contributed by atoms with Gasteiger partial charge in [-0.1, -0.05) is 31.5 Å². The number of halogens is 6. The van der Waals surface area contributed by atoms with Gasteiger partial charge in [-0.2, -0.15) is 0 Å². The standard InChI is InChI=1S/C24H26Cl3F3O4/c1-20(2)33-15-8-10-11-7-12(28)16-17(26)13(31)5-6-21(16,3)23(11,27)14(25)9-22(10,4)24(15,34-20)18(32)19(29)30/h5-6,10-12,14-15,19H,7-9H2,1-4H3/t10-,11-,12-,14-,15+,21-,22-,23-,24-/m0/s1. The molecule has 0 aromatic heterocycles. The Morgan fingerprint density at radius 3 is 2.44 bits per heavy atom. The van der Waals surface area contributed by atoms with E-state index in [4.69, 9.17) is 44.3 Å². The normalized spacial score (nSPS) is 51.3. The van der Waals surface area contributed by atoms with Crippen molar-refractivity contribution in [3.05, 3.63) is 22.8 Å². The van der Waals surface area contributed by atoms with Gasteiger partial charge in [0.2, 0.25) is 5.78 Å². The Balaban J connectivity index is 1.68. The van der Waals surface area contributed by atoms with Gasteiger partial charge in [0, 0.05) is 10.8 Å². The molecule has 0 aromatic rings. The van der Waals surface area contributed by atoms with Crippen LogP contribution in [-0.4, -0.2) is 51.9 Å². The number of ketones is 2. The highest BCUT2D eigenvalue weighted by Crippen LogP contribution is 2.74. The number of carbonyl (C=O) groups excluding carboxylic acids is 2. The van der Waals surface area contributed by atoms with Crippen molar-refractivity contribution < 1.29 is 32.2 Å². The van der Waals surface area contributed by atoms with Crippen LogP contribution in [-0.2, 0) is 19.1 Å². The van der Waals surface area contributed by atoms with E-state index >= 15 is 4.39 Å². The highest BCUT2D eigenvalue weighted by Gasteiger charge is 2.80. The summed E-state index contributed by atoms with van der Waals surface area (Å²) >= 11 is 20.7. The summed E-state index contributed by atoms with van der Waals surface area (Å²) in [5, 5.41) is -1.07. The highest BCUT2D eigenvalue weighted by atomic mass is 35.5. The number of ether oxygens (including phenoxy) is 2. The van der Waals surface area contributed by atoms with E-state index in [0.717, 1.165) is 0 Å². The van der Waals surface area contributed by atoms with Gasteiger partial charge in [0.1, 0.15) is 6.17 Å². The Morgan fingerprint density at radius 2 is 1.82 bits per heavy atom. The van der Waals surface area contributed by atoms with Crippen LogP contribution in [0.3, 0.4) is 0 Å². The van der Waals surface area contributed by atoms with Crippen LogP contribution in [0.25, 0.3) is 0 Å². The van der Waals surface area contributed by atoms with Gasteiger partial charge in [-0.25, -0.2) is 13.2 Å². The van der Waals surface area contributed by atoms with Crippen LogP contribution in [0.4, 0.5) is 13.2 Å². The van der Waals surface area contributed by atoms with Crippen LogP contribution in [0.2, 0.25) is 0 Å². The van der Waals surface area contributed by atoms with Crippen molar-refractivity contribution in [2.45, 2.75) is 87.3 Å². The molecule has 0 amide bonds. The van der Waals surface area contributed by atoms with E-state index in [-0.39, 0.29) is 29.9 Å². The van der Waals surface area contributed by atoms with Crippen molar-refractivity contribution >= 4 is 46.4 Å². The van der Waals surface area contributed by atoms with Crippen LogP contribution in [0, 0.1) is 22.7 Å². The third-order valence-corrected chi connectivity index (χ3v) is 11.2. The zero-order valence-corrected chi connectivity index (χ0v) is 21.4. The maximum absolute atomic E-state index is 15.8. The van der Waals surface area contributed by atoms with Crippen molar-refractivity contribution in [1.29, 1.82) is 0 Å². The Labute approximate surface area is 211 Å². The zero-order valence-electron chi connectivity index (χ0n) is 19.1. The van der Waals surface area contributed by atoms with Crippen molar-refractivity contribution in [2.24, 2.45) is 22.7 Å². The molecule has 5 rings (SSSR count). The van der Waals surface area contributed by atoms with E-state index in [1.165, 1.54) is 6.08 Å². The number of fused-ring (bicyclic) bond motifs is 7. The number of Topliss-reactive ketones (excluding diaryl/α,β-unsaturated/α-hetero) is 1. The number of hydrogen-bond acceptors (Lipinski definition) is 4. The maximum Gasteiger partial charge on any atom is 0.299 e. The van der Waals surface area contributed by atoms with Crippen molar-refractivity contribution in [3.63, 3.8) is 0 Å². The molecular formula is C24H26Cl3F3O4. The second-order valence-electron chi connectivity index (χ2n) is 11.1. The molecule has 1 heterocycles. The summed E-state index contributed by atoms with van der Waals surface area (Å²) in [6.45, 7) is 6.59. The molecule has 1 aliphatic heterocycles. The number of carbonyl (C=O) groups is 2. The molecule has 0 bridgehead atoms. The molecule has 9 atom stereocenters. The van der Waals surface area contributed by atoms with Gasteiger partial charge in [0.05, 0.1) is 21.4 Å². The maximum atomic E-state index is 15.8. The van der Waals surface area contributed by atoms with Crippen molar-refractivity contribution in [2.75, 3.05) is 0 Å². The van der Waals surface area contributed by atoms with E-state index in [0.29, 0.717) is 0 Å². The fourth-order valence-corrected chi connectivity index (χ4v) is 9.50. The van der Waals surface area contributed by atoms with Crippen molar-refractivity contribution in [3.8, 4) is 0 Å². The van der Waals surface area contributed by atoms with Crippen LogP contribution in [0.15, 0.2) is 22.8 Å². The monoisotopic (exact) mass is 540 g/mol. The Kier molecular flexibility index (Phi) is 5.34. The highest BCUT2D eigenvalue weighted by molar-refractivity contribution is 6.45. The average Bonchev–Trinajstić information content (AvgIpc) is 3.13. The van der Waals surface area contributed by atoms with Gasteiger partial charge in [-0.05, 0) is 56.6 Å². The quantitative estimate of drug-likeness (QED) is 0.420.